The van der Waals surface area contributed by atoms with Crippen molar-refractivity contribution in [2.24, 2.45) is 4.99 Å². The highest BCUT2D eigenvalue weighted by Gasteiger charge is 2.36. The SMILES string of the molecule is CCOC(=O)[C@H](N=C(c1ccccc1)c1ccccc1)[C@@H](OC(=O)OC(C)(C)C)c1ccncc1. The van der Waals surface area contributed by atoms with Gasteiger partial charge in [0.15, 0.2) is 12.1 Å². The lowest BCUT2D eigenvalue weighted by molar-refractivity contribution is -0.148. The summed E-state index contributed by atoms with van der Waals surface area (Å²) >= 11 is 0. The zero-order valence-electron chi connectivity index (χ0n) is 20.4. The largest absolute Gasteiger partial charge is 0.509 e. The summed E-state index contributed by atoms with van der Waals surface area (Å²) < 4.78 is 16.5. The van der Waals surface area contributed by atoms with Crippen LogP contribution < -0.4 is 0 Å². The number of nitrogens with zero attached hydrogens (tertiary/aromatic N) is 2. The highest BCUT2D eigenvalue weighted by molar-refractivity contribution is 6.13. The zero-order valence-corrected chi connectivity index (χ0v) is 20.4. The second-order valence-corrected chi connectivity index (χ2v) is 8.69. The first-order valence-corrected chi connectivity index (χ1v) is 11.4. The van der Waals surface area contributed by atoms with Crippen molar-refractivity contribution < 1.29 is 23.8 Å². The molecular formula is C28H30N2O5. The molecule has 0 aliphatic rings. The molecule has 0 aliphatic heterocycles. The number of pyridine rings is 1. The molecule has 182 valence electrons. The van der Waals surface area contributed by atoms with Gasteiger partial charge >= 0.3 is 12.1 Å². The molecule has 0 spiro atoms. The predicted octanol–water partition coefficient (Wildman–Crippen LogP) is 5.54. The average Bonchev–Trinajstić information content (AvgIpc) is 2.84. The molecule has 7 nitrogen and oxygen atoms in total. The van der Waals surface area contributed by atoms with Crippen molar-refractivity contribution >= 4 is 17.8 Å². The average molecular weight is 475 g/mol. The van der Waals surface area contributed by atoms with E-state index in [1.807, 2.05) is 60.7 Å². The van der Waals surface area contributed by atoms with Gasteiger partial charge in [-0.05, 0) is 45.4 Å². The molecule has 0 amide bonds. The molecule has 0 bridgehead atoms. The van der Waals surface area contributed by atoms with Crippen LogP contribution in [0, 0.1) is 0 Å². The van der Waals surface area contributed by atoms with E-state index < -0.39 is 29.9 Å². The molecule has 0 unspecified atom stereocenters. The van der Waals surface area contributed by atoms with E-state index in [0.717, 1.165) is 11.1 Å². The van der Waals surface area contributed by atoms with Crippen LogP contribution in [0.1, 0.15) is 50.5 Å². The summed E-state index contributed by atoms with van der Waals surface area (Å²) in [7, 11) is 0. The number of rotatable bonds is 8. The van der Waals surface area contributed by atoms with Crippen LogP contribution in [0.25, 0.3) is 0 Å². The van der Waals surface area contributed by atoms with E-state index in [0.29, 0.717) is 11.3 Å². The summed E-state index contributed by atoms with van der Waals surface area (Å²) in [4.78, 5) is 34.8. The molecule has 2 aromatic carbocycles. The van der Waals surface area contributed by atoms with Gasteiger partial charge in [0.05, 0.1) is 12.3 Å². The number of benzene rings is 2. The third-order valence-corrected chi connectivity index (χ3v) is 4.82. The molecule has 3 rings (SSSR count). The number of hydrogen-bond donors (Lipinski definition) is 0. The van der Waals surface area contributed by atoms with Crippen molar-refractivity contribution in [2.75, 3.05) is 6.61 Å². The van der Waals surface area contributed by atoms with Gasteiger partial charge in [0.2, 0.25) is 0 Å². The molecule has 1 heterocycles. The van der Waals surface area contributed by atoms with Gasteiger partial charge in [0, 0.05) is 23.5 Å². The fourth-order valence-corrected chi connectivity index (χ4v) is 3.36. The van der Waals surface area contributed by atoms with Crippen molar-refractivity contribution in [1.82, 2.24) is 4.98 Å². The minimum absolute atomic E-state index is 0.145. The number of esters is 1. The van der Waals surface area contributed by atoms with E-state index in [9.17, 15) is 9.59 Å². The second-order valence-electron chi connectivity index (χ2n) is 8.69. The van der Waals surface area contributed by atoms with E-state index >= 15 is 0 Å². The smallest absolute Gasteiger partial charge is 0.464 e. The lowest BCUT2D eigenvalue weighted by Gasteiger charge is -2.26. The van der Waals surface area contributed by atoms with Gasteiger partial charge in [-0.1, -0.05) is 60.7 Å². The zero-order chi connectivity index (χ0) is 25.3. The van der Waals surface area contributed by atoms with Gasteiger partial charge < -0.3 is 14.2 Å². The maximum atomic E-state index is 13.2. The summed E-state index contributed by atoms with van der Waals surface area (Å²) in [6, 6.07) is 21.2. The number of ether oxygens (including phenoxy) is 3. The monoisotopic (exact) mass is 474 g/mol. The highest BCUT2D eigenvalue weighted by atomic mass is 16.7. The van der Waals surface area contributed by atoms with Gasteiger partial charge in [0.25, 0.3) is 0 Å². The van der Waals surface area contributed by atoms with Crippen molar-refractivity contribution in [3.05, 3.63) is 102 Å². The Labute approximate surface area is 205 Å². The Morgan fingerprint density at radius 2 is 1.43 bits per heavy atom. The van der Waals surface area contributed by atoms with Gasteiger partial charge in [-0.25, -0.2) is 9.59 Å². The molecule has 0 saturated heterocycles. The molecule has 35 heavy (non-hydrogen) atoms. The summed E-state index contributed by atoms with van der Waals surface area (Å²) in [6.07, 6.45) is 1.10. The maximum Gasteiger partial charge on any atom is 0.509 e. The van der Waals surface area contributed by atoms with E-state index in [1.54, 1.807) is 52.2 Å². The van der Waals surface area contributed by atoms with E-state index in [2.05, 4.69) is 4.98 Å². The lowest BCUT2D eigenvalue weighted by atomic mass is 9.99. The molecular weight excluding hydrogens is 444 g/mol. The Bertz CT molecular complexity index is 1080. The third-order valence-electron chi connectivity index (χ3n) is 4.82. The fraction of sp³-hybridized carbons (Fsp3) is 0.286. The third kappa shape index (κ3) is 7.50. The van der Waals surface area contributed by atoms with Gasteiger partial charge in [0.1, 0.15) is 5.60 Å². The number of hydrogen-bond acceptors (Lipinski definition) is 7. The van der Waals surface area contributed by atoms with Crippen molar-refractivity contribution in [3.63, 3.8) is 0 Å². The van der Waals surface area contributed by atoms with Gasteiger partial charge in [-0.3, -0.25) is 9.98 Å². The normalized spacial score (nSPS) is 12.7. The first kappa shape index (κ1) is 25.6. The summed E-state index contributed by atoms with van der Waals surface area (Å²) in [5, 5.41) is 0. The number of aliphatic imine (C=N–C) groups is 1. The van der Waals surface area contributed by atoms with Crippen LogP contribution in [-0.4, -0.2) is 41.1 Å². The summed E-state index contributed by atoms with van der Waals surface area (Å²) in [5.41, 5.74) is 1.93. The Morgan fingerprint density at radius 3 is 1.91 bits per heavy atom. The molecule has 2 atom stereocenters. The van der Waals surface area contributed by atoms with Crippen LogP contribution in [0.2, 0.25) is 0 Å². The van der Waals surface area contributed by atoms with Crippen LogP contribution in [-0.2, 0) is 19.0 Å². The molecule has 3 aromatic rings. The Hall–Kier alpha value is -4.00. The van der Waals surface area contributed by atoms with Gasteiger partial charge in [-0.2, -0.15) is 0 Å². The molecule has 7 heteroatoms. The van der Waals surface area contributed by atoms with Crippen LogP contribution >= 0.6 is 0 Å². The highest BCUT2D eigenvalue weighted by Crippen LogP contribution is 2.28. The predicted molar refractivity (Wildman–Crippen MR) is 133 cm³/mol. The lowest BCUT2D eigenvalue weighted by Crippen LogP contribution is -2.34. The Balaban J connectivity index is 2.15. The van der Waals surface area contributed by atoms with E-state index in [1.165, 1.54) is 0 Å². The first-order chi connectivity index (χ1) is 16.8. The molecule has 0 N–H and O–H groups in total. The summed E-state index contributed by atoms with van der Waals surface area (Å²) in [6.45, 7) is 7.06. The number of aromatic nitrogens is 1. The maximum absolute atomic E-state index is 13.2. The van der Waals surface area contributed by atoms with Crippen molar-refractivity contribution in [1.29, 1.82) is 0 Å². The second kappa shape index (κ2) is 11.9. The van der Waals surface area contributed by atoms with Crippen LogP contribution in [0.15, 0.2) is 90.2 Å². The number of carbonyl (C=O) groups excluding carboxylic acids is 2. The standard InChI is InChI=1S/C28H30N2O5/c1-5-33-26(31)24(25(22-16-18-29-19-17-22)34-27(32)35-28(2,3)4)30-23(20-12-8-6-9-13-20)21-14-10-7-11-15-21/h6-19,24-25H,5H2,1-4H3/t24-,25+/m1/s1. The molecule has 0 radical (unpaired) electrons. The first-order valence-electron chi connectivity index (χ1n) is 11.4. The van der Waals surface area contributed by atoms with Gasteiger partial charge in [-0.15, -0.1) is 0 Å². The van der Waals surface area contributed by atoms with Crippen molar-refractivity contribution in [3.8, 4) is 0 Å². The van der Waals surface area contributed by atoms with E-state index in [4.69, 9.17) is 19.2 Å². The van der Waals surface area contributed by atoms with E-state index in [-0.39, 0.29) is 6.61 Å². The Morgan fingerprint density at radius 1 is 0.886 bits per heavy atom. The topological polar surface area (TPSA) is 87.1 Å². The van der Waals surface area contributed by atoms with Crippen molar-refractivity contribution in [2.45, 2.75) is 45.4 Å². The fourth-order valence-electron chi connectivity index (χ4n) is 3.36. The quantitative estimate of drug-likeness (QED) is 0.315. The number of carbonyl (C=O) groups is 2. The van der Waals surface area contributed by atoms with Crippen LogP contribution in [0.4, 0.5) is 4.79 Å². The summed E-state index contributed by atoms with van der Waals surface area (Å²) in [5.74, 6) is -0.623. The Kier molecular flexibility index (Phi) is 8.73. The minimum Gasteiger partial charge on any atom is -0.464 e. The van der Waals surface area contributed by atoms with Crippen LogP contribution in [0.3, 0.4) is 0 Å². The molecule has 1 aromatic heterocycles. The molecule has 0 fully saturated rings. The van der Waals surface area contributed by atoms with Crippen LogP contribution in [0.5, 0.6) is 0 Å². The molecule has 0 aliphatic carbocycles. The minimum atomic E-state index is -1.19. The molecule has 0 saturated carbocycles.